The van der Waals surface area contributed by atoms with Gasteiger partial charge >= 0.3 is 11.9 Å². The quantitative estimate of drug-likeness (QED) is 0.0195. The summed E-state index contributed by atoms with van der Waals surface area (Å²) in [7, 11) is 1.18. The van der Waals surface area contributed by atoms with E-state index in [1.807, 2.05) is 21.1 Å². The summed E-state index contributed by atoms with van der Waals surface area (Å²) in [5.41, 5.74) is 0. The summed E-state index contributed by atoms with van der Waals surface area (Å²) in [6.07, 6.45) is 105. The number of phosphoric acid groups is 1. The lowest BCUT2D eigenvalue weighted by Crippen LogP contribution is -2.37. The van der Waals surface area contributed by atoms with Crippen LogP contribution in [0.15, 0.2) is 109 Å². The second-order valence-electron chi connectivity index (χ2n) is 27.7. The van der Waals surface area contributed by atoms with Gasteiger partial charge in [-0.1, -0.05) is 361 Å². The largest absolute Gasteiger partial charge is 0.756 e. The predicted octanol–water partition coefficient (Wildman–Crippen LogP) is 25.8. The highest BCUT2D eigenvalue weighted by Gasteiger charge is 2.22. The highest BCUT2D eigenvalue weighted by molar-refractivity contribution is 7.45. The van der Waals surface area contributed by atoms with E-state index in [9.17, 15) is 19.0 Å². The van der Waals surface area contributed by atoms with Crippen molar-refractivity contribution < 1.29 is 42.1 Å². The molecule has 94 heavy (non-hydrogen) atoms. The van der Waals surface area contributed by atoms with E-state index in [-0.39, 0.29) is 32.0 Å². The average Bonchev–Trinajstić information content (AvgIpc) is 1.68. The number of carbonyl (C=O) groups is 2. The molecule has 0 rings (SSSR count). The Balaban J connectivity index is 3.94. The van der Waals surface area contributed by atoms with Crippen molar-refractivity contribution >= 4 is 19.8 Å². The van der Waals surface area contributed by atoms with Gasteiger partial charge in [0.15, 0.2) is 6.10 Å². The number of unbranched alkanes of at least 4 members (excludes halogenated alkanes) is 41. The lowest BCUT2D eigenvalue weighted by atomic mass is 10.0. The second kappa shape index (κ2) is 73.9. The summed E-state index contributed by atoms with van der Waals surface area (Å²) in [5.74, 6) is -0.817. The van der Waals surface area contributed by atoms with Crippen molar-refractivity contribution in [3.05, 3.63) is 109 Å². The molecule has 0 spiro atoms. The minimum atomic E-state index is -4.65. The molecular formula is C84H150NO8P. The minimum absolute atomic E-state index is 0.0312. The van der Waals surface area contributed by atoms with Crippen molar-refractivity contribution in [2.24, 2.45) is 0 Å². The molecule has 0 saturated heterocycles. The standard InChI is InChI=1S/C84H150NO8P/c1-6-8-10-12-14-16-18-20-22-24-26-28-30-32-34-36-38-40-42-44-46-48-50-52-54-56-58-60-62-64-66-68-70-72-74-76-83(86)90-80-82(81-92-94(88,89)91-79-78-85(3,4)5)93-84(87)77-75-73-71-69-67-65-63-61-59-57-55-53-51-49-47-45-43-41-39-37-35-33-31-29-27-25-23-21-19-17-15-13-11-9-7-2/h8-11,14-17,20-23,26-29,33,35,82H,6-7,12-13,18-19,24-25,30-32,34,36-81H2,1-5H3/b10-8-,11-9-,16-14-,17-15-,22-20-,23-21-,28-26-,29-27-,35-33-. The molecule has 0 aliphatic heterocycles. The molecule has 0 saturated carbocycles. The van der Waals surface area contributed by atoms with Crippen molar-refractivity contribution in [2.75, 3.05) is 47.5 Å². The van der Waals surface area contributed by atoms with Crippen LogP contribution in [0.25, 0.3) is 0 Å². The first-order chi connectivity index (χ1) is 46.0. The van der Waals surface area contributed by atoms with Crippen LogP contribution in [0, 0.1) is 0 Å². The van der Waals surface area contributed by atoms with Crippen LogP contribution in [0.4, 0.5) is 0 Å². The molecule has 0 radical (unpaired) electrons. The molecule has 9 nitrogen and oxygen atoms in total. The third kappa shape index (κ3) is 77.7. The van der Waals surface area contributed by atoms with E-state index >= 15 is 0 Å². The van der Waals surface area contributed by atoms with E-state index in [0.29, 0.717) is 17.4 Å². The average molecular weight is 1330 g/mol. The van der Waals surface area contributed by atoms with Crippen molar-refractivity contribution in [3.63, 3.8) is 0 Å². The maximum absolute atomic E-state index is 12.9. The number of hydrogen-bond acceptors (Lipinski definition) is 8. The zero-order valence-electron chi connectivity index (χ0n) is 62.1. The number of phosphoric ester groups is 1. The van der Waals surface area contributed by atoms with Gasteiger partial charge in [-0.3, -0.25) is 14.2 Å². The Morgan fingerprint density at radius 2 is 0.574 bits per heavy atom. The number of ether oxygens (including phenoxy) is 2. The molecule has 0 aromatic heterocycles. The summed E-state index contributed by atoms with van der Waals surface area (Å²) < 4.78 is 34.4. The van der Waals surface area contributed by atoms with Crippen LogP contribution < -0.4 is 4.89 Å². The Hall–Kier alpha value is -3.33. The lowest BCUT2D eigenvalue weighted by molar-refractivity contribution is -0.870. The fourth-order valence-electron chi connectivity index (χ4n) is 11.3. The molecule has 0 heterocycles. The molecule has 10 heteroatoms. The van der Waals surface area contributed by atoms with Gasteiger partial charge in [0.25, 0.3) is 7.82 Å². The summed E-state index contributed by atoms with van der Waals surface area (Å²) >= 11 is 0. The maximum atomic E-state index is 12.9. The first kappa shape index (κ1) is 90.7. The molecular weight excluding hydrogens is 1180 g/mol. The van der Waals surface area contributed by atoms with Gasteiger partial charge in [0.2, 0.25) is 0 Å². The number of rotatable bonds is 73. The van der Waals surface area contributed by atoms with Crippen molar-refractivity contribution in [1.29, 1.82) is 0 Å². The zero-order chi connectivity index (χ0) is 68.3. The van der Waals surface area contributed by atoms with Crippen LogP contribution >= 0.6 is 7.82 Å². The summed E-state index contributed by atoms with van der Waals surface area (Å²) in [6, 6.07) is 0. The highest BCUT2D eigenvalue weighted by Crippen LogP contribution is 2.38. The van der Waals surface area contributed by atoms with E-state index in [2.05, 4.69) is 123 Å². The third-order valence-corrected chi connectivity index (χ3v) is 18.3. The normalized spacial score (nSPS) is 13.6. The van der Waals surface area contributed by atoms with Gasteiger partial charge in [0, 0.05) is 12.8 Å². The number of hydrogen-bond donors (Lipinski definition) is 0. The van der Waals surface area contributed by atoms with Gasteiger partial charge < -0.3 is 27.9 Å². The number of carbonyl (C=O) groups excluding carboxylic acids is 2. The molecule has 2 atom stereocenters. The van der Waals surface area contributed by atoms with E-state index in [0.717, 1.165) is 96.3 Å². The van der Waals surface area contributed by atoms with Crippen LogP contribution in [0.1, 0.15) is 361 Å². The molecule has 0 bridgehead atoms. The van der Waals surface area contributed by atoms with Gasteiger partial charge in [0.05, 0.1) is 27.7 Å². The van der Waals surface area contributed by atoms with Gasteiger partial charge in [-0.2, -0.15) is 0 Å². The second-order valence-corrected chi connectivity index (χ2v) is 29.1. The molecule has 0 aromatic rings. The van der Waals surface area contributed by atoms with Crippen LogP contribution in [-0.4, -0.2) is 70.0 Å². The molecule has 544 valence electrons. The maximum Gasteiger partial charge on any atom is 0.306 e. The van der Waals surface area contributed by atoms with E-state index in [4.69, 9.17) is 18.5 Å². The van der Waals surface area contributed by atoms with Crippen LogP contribution in [0.5, 0.6) is 0 Å². The first-order valence-electron chi connectivity index (χ1n) is 39.6. The summed E-state index contributed by atoms with van der Waals surface area (Å²) in [4.78, 5) is 38.2. The van der Waals surface area contributed by atoms with Crippen molar-refractivity contribution in [3.8, 4) is 0 Å². The fourth-order valence-corrected chi connectivity index (χ4v) is 12.1. The van der Waals surface area contributed by atoms with E-state index in [1.54, 1.807) is 0 Å². The van der Waals surface area contributed by atoms with Gasteiger partial charge in [-0.15, -0.1) is 0 Å². The predicted molar refractivity (Wildman–Crippen MR) is 406 cm³/mol. The molecule has 0 N–H and O–H groups in total. The first-order valence-corrected chi connectivity index (χ1v) is 41.1. The van der Waals surface area contributed by atoms with E-state index in [1.165, 1.54) is 231 Å². The number of nitrogens with zero attached hydrogens (tertiary/aromatic N) is 1. The van der Waals surface area contributed by atoms with Crippen LogP contribution in [0.2, 0.25) is 0 Å². The Bertz CT molecular complexity index is 1960. The van der Waals surface area contributed by atoms with E-state index < -0.39 is 26.5 Å². The summed E-state index contributed by atoms with van der Waals surface area (Å²) in [6.45, 7) is 4.06. The Kier molecular flexibility index (Phi) is 71.3. The lowest BCUT2D eigenvalue weighted by Gasteiger charge is -2.28. The van der Waals surface area contributed by atoms with Gasteiger partial charge in [0.1, 0.15) is 19.8 Å². The number of esters is 2. The SMILES string of the molecule is CC/C=C\C/C=C\C/C=C\C/C=C\C/C=C\CCCCCCCCCCCCCCCCCCCCCC(=O)OC(COC(=O)CCCCCCCCCCCCCCCCCCCCCCCC/C=C\C/C=C\C/C=C\C/C=C\CC)COP(=O)([O-])OCC[N+](C)(C)C. The highest BCUT2D eigenvalue weighted by atomic mass is 31.2. The van der Waals surface area contributed by atoms with Gasteiger partial charge in [-0.25, -0.2) is 0 Å². The number of likely N-dealkylation sites (N-methyl/N-ethyl adjacent to an activating group) is 1. The Morgan fingerprint density at radius 3 is 0.851 bits per heavy atom. The van der Waals surface area contributed by atoms with Crippen molar-refractivity contribution in [1.82, 2.24) is 0 Å². The Labute approximate surface area is 582 Å². The number of allylic oxidation sites excluding steroid dienone is 18. The monoisotopic (exact) mass is 1330 g/mol. The fraction of sp³-hybridized carbons (Fsp3) is 0.762. The third-order valence-electron chi connectivity index (χ3n) is 17.3. The van der Waals surface area contributed by atoms with Crippen molar-refractivity contribution in [2.45, 2.75) is 367 Å². The van der Waals surface area contributed by atoms with Crippen LogP contribution in [0.3, 0.4) is 0 Å². The molecule has 0 aromatic carbocycles. The molecule has 0 aliphatic rings. The molecule has 0 amide bonds. The Morgan fingerprint density at radius 1 is 0.330 bits per heavy atom. The minimum Gasteiger partial charge on any atom is -0.756 e. The van der Waals surface area contributed by atoms with Gasteiger partial charge in [-0.05, 0) is 96.3 Å². The molecule has 0 aliphatic carbocycles. The smallest absolute Gasteiger partial charge is 0.306 e. The molecule has 2 unspecified atom stereocenters. The zero-order valence-corrected chi connectivity index (χ0v) is 63.0. The summed E-state index contributed by atoms with van der Waals surface area (Å²) in [5, 5.41) is 0. The number of quaternary nitrogens is 1. The molecule has 0 fully saturated rings. The topological polar surface area (TPSA) is 111 Å². The van der Waals surface area contributed by atoms with Crippen LogP contribution in [-0.2, 0) is 32.7 Å².